The number of rotatable bonds is 13. The SMILES string of the molecule is COc1cccc(CCCN2CC[C@@H](CCC(O)c3ccnc4ccc(OC)cc34)[C@@H](CCC(=O)O)C2)c1. The van der Waals surface area contributed by atoms with Crippen LogP contribution in [0.25, 0.3) is 10.9 Å². The van der Waals surface area contributed by atoms with Gasteiger partial charge in [-0.25, -0.2) is 0 Å². The van der Waals surface area contributed by atoms with Crippen LogP contribution < -0.4 is 9.47 Å². The van der Waals surface area contributed by atoms with Crippen LogP contribution in [-0.2, 0) is 11.2 Å². The van der Waals surface area contributed by atoms with Crippen molar-refractivity contribution in [2.75, 3.05) is 33.9 Å². The number of methoxy groups -OCH3 is 2. The summed E-state index contributed by atoms with van der Waals surface area (Å²) in [6, 6.07) is 15.8. The summed E-state index contributed by atoms with van der Waals surface area (Å²) in [4.78, 5) is 18.3. The third kappa shape index (κ3) is 7.45. The van der Waals surface area contributed by atoms with E-state index in [0.29, 0.717) is 24.7 Å². The van der Waals surface area contributed by atoms with Crippen LogP contribution in [0.1, 0.15) is 55.8 Å². The fourth-order valence-electron chi connectivity index (χ4n) is 5.80. The lowest BCUT2D eigenvalue weighted by atomic mass is 9.79. The van der Waals surface area contributed by atoms with E-state index in [-0.39, 0.29) is 6.42 Å². The zero-order chi connectivity index (χ0) is 26.9. The number of hydrogen-bond donors (Lipinski definition) is 2. The molecule has 1 aliphatic rings. The second kappa shape index (κ2) is 13.6. The lowest BCUT2D eigenvalue weighted by Crippen LogP contribution is -2.41. The highest BCUT2D eigenvalue weighted by Crippen LogP contribution is 2.35. The van der Waals surface area contributed by atoms with Gasteiger partial charge < -0.3 is 24.6 Å². The molecule has 0 amide bonds. The molecule has 1 aliphatic heterocycles. The van der Waals surface area contributed by atoms with Gasteiger partial charge in [0.1, 0.15) is 11.5 Å². The number of piperidine rings is 1. The molecule has 0 radical (unpaired) electrons. The fraction of sp³-hybridized carbons (Fsp3) is 0.484. The molecule has 2 aromatic carbocycles. The Morgan fingerprint density at radius 1 is 1.08 bits per heavy atom. The molecule has 2 heterocycles. The smallest absolute Gasteiger partial charge is 0.303 e. The van der Waals surface area contributed by atoms with Gasteiger partial charge in [0.15, 0.2) is 0 Å². The van der Waals surface area contributed by atoms with Crippen molar-refractivity contribution in [3.63, 3.8) is 0 Å². The number of aliphatic hydroxyl groups excluding tert-OH is 1. The van der Waals surface area contributed by atoms with Crippen molar-refractivity contribution in [2.45, 2.75) is 51.0 Å². The molecule has 0 spiro atoms. The van der Waals surface area contributed by atoms with Crippen molar-refractivity contribution in [1.29, 1.82) is 0 Å². The zero-order valence-corrected chi connectivity index (χ0v) is 22.5. The molecular weight excluding hydrogens is 480 g/mol. The molecule has 0 bridgehead atoms. The highest BCUT2D eigenvalue weighted by molar-refractivity contribution is 5.83. The molecule has 7 nitrogen and oxygen atoms in total. The highest BCUT2D eigenvalue weighted by Gasteiger charge is 2.30. The minimum atomic E-state index is -0.740. The van der Waals surface area contributed by atoms with Crippen LogP contribution >= 0.6 is 0 Å². The van der Waals surface area contributed by atoms with Crippen LogP contribution in [-0.4, -0.2) is 59.9 Å². The molecule has 4 rings (SSSR count). The second-order valence-corrected chi connectivity index (χ2v) is 10.4. The van der Waals surface area contributed by atoms with E-state index in [1.54, 1.807) is 20.4 Å². The predicted molar refractivity (Wildman–Crippen MR) is 149 cm³/mol. The van der Waals surface area contributed by atoms with E-state index in [4.69, 9.17) is 9.47 Å². The van der Waals surface area contributed by atoms with E-state index < -0.39 is 12.1 Å². The lowest BCUT2D eigenvalue weighted by molar-refractivity contribution is -0.137. The summed E-state index contributed by atoms with van der Waals surface area (Å²) < 4.78 is 10.7. The van der Waals surface area contributed by atoms with Gasteiger partial charge in [-0.15, -0.1) is 0 Å². The number of carboxylic acid groups (broad SMARTS) is 1. The normalized spacial score (nSPS) is 18.8. The standard InChI is InChI=1S/C31H40N2O5/c1-37-25-7-3-5-22(19-25)6-4-17-33-18-15-23(24(21-33)9-13-31(35)36)8-12-30(34)27-14-16-32-29-11-10-26(38-2)20-28(27)29/h3,5,7,10-11,14,16,19-20,23-24,30,34H,4,6,8-9,12-13,15,17-18,21H2,1-2H3,(H,35,36)/t23-,24+,30?/m1/s1. The van der Waals surface area contributed by atoms with Crippen LogP contribution in [0.15, 0.2) is 54.7 Å². The summed E-state index contributed by atoms with van der Waals surface area (Å²) >= 11 is 0. The number of aliphatic hydroxyl groups is 1. The number of benzene rings is 2. The molecule has 38 heavy (non-hydrogen) atoms. The Kier molecular flexibility index (Phi) is 9.96. The summed E-state index contributed by atoms with van der Waals surface area (Å²) in [5.74, 6) is 1.61. The average molecular weight is 521 g/mol. The van der Waals surface area contributed by atoms with Crippen LogP contribution in [0, 0.1) is 11.8 Å². The number of carbonyl (C=O) groups is 1. The Bertz CT molecular complexity index is 1200. The van der Waals surface area contributed by atoms with E-state index in [2.05, 4.69) is 22.0 Å². The fourth-order valence-corrected chi connectivity index (χ4v) is 5.80. The van der Waals surface area contributed by atoms with E-state index in [1.165, 1.54) is 5.56 Å². The summed E-state index contributed by atoms with van der Waals surface area (Å²) in [5.41, 5.74) is 2.98. The largest absolute Gasteiger partial charge is 0.497 e. The molecule has 3 aromatic rings. The Morgan fingerprint density at radius 2 is 1.89 bits per heavy atom. The number of nitrogens with zero attached hydrogens (tertiary/aromatic N) is 2. The van der Waals surface area contributed by atoms with Crippen LogP contribution in [0.3, 0.4) is 0 Å². The number of carboxylic acids is 1. The Labute approximate surface area is 225 Å². The van der Waals surface area contributed by atoms with Crippen molar-refractivity contribution < 1.29 is 24.5 Å². The lowest BCUT2D eigenvalue weighted by Gasteiger charge is -2.39. The Balaban J connectivity index is 1.34. The molecule has 3 atom stereocenters. The Hall–Kier alpha value is -3.16. The summed E-state index contributed by atoms with van der Waals surface area (Å²) in [5, 5.41) is 21.4. The molecule has 1 aromatic heterocycles. The number of aryl methyl sites for hydroxylation is 1. The number of ether oxygens (including phenoxy) is 2. The number of aliphatic carboxylic acids is 1. The molecular formula is C31H40N2O5. The molecule has 0 saturated carbocycles. The van der Waals surface area contributed by atoms with Gasteiger partial charge in [-0.2, -0.15) is 0 Å². The quantitative estimate of drug-likeness (QED) is 0.307. The molecule has 204 valence electrons. The van der Waals surface area contributed by atoms with Crippen LogP contribution in [0.5, 0.6) is 11.5 Å². The minimum Gasteiger partial charge on any atom is -0.497 e. The van der Waals surface area contributed by atoms with Gasteiger partial charge in [0.25, 0.3) is 0 Å². The maximum Gasteiger partial charge on any atom is 0.303 e. The predicted octanol–water partition coefficient (Wildman–Crippen LogP) is 5.50. The number of aromatic nitrogens is 1. The van der Waals surface area contributed by atoms with E-state index in [0.717, 1.165) is 73.3 Å². The van der Waals surface area contributed by atoms with Gasteiger partial charge in [-0.1, -0.05) is 12.1 Å². The molecule has 2 N–H and O–H groups in total. The van der Waals surface area contributed by atoms with Crippen molar-refractivity contribution in [1.82, 2.24) is 9.88 Å². The second-order valence-electron chi connectivity index (χ2n) is 10.4. The number of pyridine rings is 1. The first-order valence-electron chi connectivity index (χ1n) is 13.6. The van der Waals surface area contributed by atoms with Gasteiger partial charge in [0, 0.05) is 24.5 Å². The highest BCUT2D eigenvalue weighted by atomic mass is 16.5. The van der Waals surface area contributed by atoms with Gasteiger partial charge in [0.05, 0.1) is 25.8 Å². The van der Waals surface area contributed by atoms with Crippen molar-refractivity contribution in [3.05, 3.63) is 65.9 Å². The third-order valence-corrected chi connectivity index (χ3v) is 7.93. The van der Waals surface area contributed by atoms with E-state index in [1.807, 2.05) is 36.4 Å². The average Bonchev–Trinajstić information content (AvgIpc) is 2.94. The summed E-state index contributed by atoms with van der Waals surface area (Å²) in [6.07, 6.45) is 6.60. The van der Waals surface area contributed by atoms with Crippen molar-refractivity contribution >= 4 is 16.9 Å². The van der Waals surface area contributed by atoms with Crippen molar-refractivity contribution in [2.24, 2.45) is 11.8 Å². The van der Waals surface area contributed by atoms with Crippen LogP contribution in [0.4, 0.5) is 0 Å². The molecule has 1 fully saturated rings. The molecule has 0 aliphatic carbocycles. The van der Waals surface area contributed by atoms with Gasteiger partial charge in [-0.3, -0.25) is 9.78 Å². The van der Waals surface area contributed by atoms with Gasteiger partial charge in [0.2, 0.25) is 0 Å². The first-order chi connectivity index (χ1) is 18.5. The maximum absolute atomic E-state index is 11.4. The van der Waals surface area contributed by atoms with E-state index in [9.17, 15) is 15.0 Å². The summed E-state index contributed by atoms with van der Waals surface area (Å²) in [6.45, 7) is 2.93. The number of fused-ring (bicyclic) bond motifs is 1. The summed E-state index contributed by atoms with van der Waals surface area (Å²) in [7, 11) is 3.33. The zero-order valence-electron chi connectivity index (χ0n) is 22.5. The third-order valence-electron chi connectivity index (χ3n) is 7.93. The van der Waals surface area contributed by atoms with Gasteiger partial charge >= 0.3 is 5.97 Å². The van der Waals surface area contributed by atoms with Crippen molar-refractivity contribution in [3.8, 4) is 11.5 Å². The maximum atomic E-state index is 11.4. The first-order valence-corrected chi connectivity index (χ1v) is 13.6. The number of hydrogen-bond acceptors (Lipinski definition) is 6. The first kappa shape index (κ1) is 27.9. The number of likely N-dealkylation sites (tertiary alicyclic amines) is 1. The monoisotopic (exact) mass is 520 g/mol. The van der Waals surface area contributed by atoms with E-state index >= 15 is 0 Å². The minimum absolute atomic E-state index is 0.191. The van der Waals surface area contributed by atoms with Crippen LogP contribution in [0.2, 0.25) is 0 Å². The van der Waals surface area contributed by atoms with Gasteiger partial charge in [-0.05, 0) is 111 Å². The molecule has 1 saturated heterocycles. The molecule has 7 heteroatoms. The Morgan fingerprint density at radius 3 is 2.68 bits per heavy atom. The molecule has 1 unspecified atom stereocenters. The topological polar surface area (TPSA) is 92.1 Å².